The molecule has 0 radical (unpaired) electrons. The van der Waals surface area contributed by atoms with Crippen LogP contribution in [0.4, 0.5) is 4.39 Å². The number of halogens is 1. The van der Waals surface area contributed by atoms with Crippen LogP contribution in [-0.2, 0) is 4.79 Å². The number of rotatable bonds is 1. The highest BCUT2D eigenvalue weighted by atomic mass is 19.1. The van der Waals surface area contributed by atoms with Crippen molar-refractivity contribution in [1.82, 2.24) is 14.9 Å². The van der Waals surface area contributed by atoms with E-state index in [9.17, 15) is 9.18 Å². The number of nitrogens with one attached hydrogen (secondary N) is 1. The summed E-state index contributed by atoms with van der Waals surface area (Å²) in [4.78, 5) is 20.7. The molecule has 3 rings (SSSR count). The van der Waals surface area contributed by atoms with E-state index in [2.05, 4.69) is 9.97 Å². The Hall–Kier alpha value is -1.91. The smallest absolute Gasteiger partial charge is 0.219 e. The number of nitrogens with zero attached hydrogens (tertiary/aromatic N) is 2. The first-order valence-electron chi connectivity index (χ1n) is 6.04. The number of benzene rings is 1. The molecule has 1 N–H and O–H groups in total. The molecular weight excluding hydrogens is 233 g/mol. The van der Waals surface area contributed by atoms with Gasteiger partial charge in [-0.25, -0.2) is 9.37 Å². The molecule has 1 fully saturated rings. The summed E-state index contributed by atoms with van der Waals surface area (Å²) in [6.07, 6.45) is 0.905. The van der Waals surface area contributed by atoms with Crippen LogP contribution in [0.3, 0.4) is 0 Å². The predicted octanol–water partition coefficient (Wildman–Crippen LogP) is 2.04. The Morgan fingerprint density at radius 2 is 2.39 bits per heavy atom. The fraction of sp³-hybridized carbons (Fsp3) is 0.385. The van der Waals surface area contributed by atoms with Crippen molar-refractivity contribution >= 4 is 16.9 Å². The van der Waals surface area contributed by atoms with Crippen molar-refractivity contribution in [1.29, 1.82) is 0 Å². The summed E-state index contributed by atoms with van der Waals surface area (Å²) < 4.78 is 13.1. The first-order valence-corrected chi connectivity index (χ1v) is 6.04. The molecule has 1 aliphatic heterocycles. The van der Waals surface area contributed by atoms with Crippen LogP contribution < -0.4 is 0 Å². The normalized spacial score (nSPS) is 19.7. The summed E-state index contributed by atoms with van der Waals surface area (Å²) in [6, 6.07) is 4.52. The Bertz CT molecular complexity index is 607. The second-order valence-corrected chi connectivity index (χ2v) is 4.73. The van der Waals surface area contributed by atoms with E-state index in [0.717, 1.165) is 24.3 Å². The van der Waals surface area contributed by atoms with Crippen LogP contribution in [0.15, 0.2) is 18.2 Å². The number of hydrogen-bond acceptors (Lipinski definition) is 2. The fourth-order valence-electron chi connectivity index (χ4n) is 2.46. The molecule has 94 valence electrons. The Kier molecular flexibility index (Phi) is 2.54. The van der Waals surface area contributed by atoms with Crippen LogP contribution in [0.25, 0.3) is 11.0 Å². The lowest BCUT2D eigenvalue weighted by Crippen LogP contribution is -2.25. The molecule has 1 aliphatic rings. The minimum absolute atomic E-state index is 0.0969. The topological polar surface area (TPSA) is 49.0 Å². The van der Waals surface area contributed by atoms with E-state index in [1.807, 2.05) is 4.90 Å². The zero-order chi connectivity index (χ0) is 12.7. The maximum absolute atomic E-state index is 13.1. The first-order chi connectivity index (χ1) is 8.63. The summed E-state index contributed by atoms with van der Waals surface area (Å²) in [5.74, 6) is 0.901. The van der Waals surface area contributed by atoms with Gasteiger partial charge in [-0.3, -0.25) is 4.79 Å². The molecule has 0 spiro atoms. The third-order valence-corrected chi connectivity index (χ3v) is 3.48. The molecule has 1 amide bonds. The summed E-state index contributed by atoms with van der Waals surface area (Å²) in [5.41, 5.74) is 1.49. The van der Waals surface area contributed by atoms with Crippen LogP contribution in [0.5, 0.6) is 0 Å². The monoisotopic (exact) mass is 247 g/mol. The zero-order valence-corrected chi connectivity index (χ0v) is 10.1. The third kappa shape index (κ3) is 1.85. The van der Waals surface area contributed by atoms with Gasteiger partial charge in [0.15, 0.2) is 0 Å². The summed E-state index contributed by atoms with van der Waals surface area (Å²) in [7, 11) is 0. The molecule has 0 saturated carbocycles. The van der Waals surface area contributed by atoms with Gasteiger partial charge in [-0.15, -0.1) is 0 Å². The van der Waals surface area contributed by atoms with Gasteiger partial charge in [-0.2, -0.15) is 0 Å². The quantitative estimate of drug-likeness (QED) is 0.838. The Morgan fingerprint density at radius 1 is 1.56 bits per heavy atom. The summed E-state index contributed by atoms with van der Waals surface area (Å²) in [6.45, 7) is 3.04. The van der Waals surface area contributed by atoms with Gasteiger partial charge in [0.1, 0.15) is 11.6 Å². The van der Waals surface area contributed by atoms with Gasteiger partial charge in [-0.05, 0) is 24.6 Å². The van der Waals surface area contributed by atoms with Gasteiger partial charge in [0.05, 0.1) is 11.0 Å². The van der Waals surface area contributed by atoms with Crippen LogP contribution in [-0.4, -0.2) is 33.9 Å². The van der Waals surface area contributed by atoms with Crippen molar-refractivity contribution in [3.8, 4) is 0 Å². The maximum atomic E-state index is 13.1. The minimum Gasteiger partial charge on any atom is -0.342 e. The summed E-state index contributed by atoms with van der Waals surface area (Å²) in [5, 5.41) is 0. The average Bonchev–Trinajstić information content (AvgIpc) is 2.93. The highest BCUT2D eigenvalue weighted by Gasteiger charge is 2.27. The highest BCUT2D eigenvalue weighted by Crippen LogP contribution is 2.27. The molecule has 1 unspecified atom stereocenters. The van der Waals surface area contributed by atoms with Crippen LogP contribution in [0.1, 0.15) is 25.1 Å². The van der Waals surface area contributed by atoms with E-state index in [1.165, 1.54) is 12.1 Å². The number of aromatic amines is 1. The van der Waals surface area contributed by atoms with E-state index in [1.54, 1.807) is 13.0 Å². The van der Waals surface area contributed by atoms with E-state index >= 15 is 0 Å². The van der Waals surface area contributed by atoms with E-state index < -0.39 is 0 Å². The number of H-pyrrole nitrogens is 1. The molecular formula is C13H14FN3O. The number of carbonyl (C=O) groups is 1. The Labute approximate surface area is 104 Å². The van der Waals surface area contributed by atoms with Gasteiger partial charge in [0.2, 0.25) is 5.91 Å². The molecule has 2 aromatic rings. The summed E-state index contributed by atoms with van der Waals surface area (Å²) >= 11 is 0. The van der Waals surface area contributed by atoms with Crippen molar-refractivity contribution in [2.24, 2.45) is 0 Å². The number of carbonyl (C=O) groups excluding carboxylic acids is 1. The van der Waals surface area contributed by atoms with E-state index in [4.69, 9.17) is 0 Å². The number of imidazole rings is 1. The molecule has 1 atom stereocenters. The van der Waals surface area contributed by atoms with Gasteiger partial charge in [-0.1, -0.05) is 0 Å². The SMILES string of the molecule is CC(=O)N1CCC(c2nc3ccc(F)cc3[nH]2)C1. The molecule has 1 aromatic heterocycles. The average molecular weight is 247 g/mol. The van der Waals surface area contributed by atoms with Crippen molar-refractivity contribution in [2.75, 3.05) is 13.1 Å². The molecule has 0 aliphatic carbocycles. The number of likely N-dealkylation sites (tertiary alicyclic amines) is 1. The van der Waals surface area contributed by atoms with Crippen LogP contribution in [0.2, 0.25) is 0 Å². The molecule has 0 bridgehead atoms. The second kappa shape index (κ2) is 4.08. The van der Waals surface area contributed by atoms with Gasteiger partial charge >= 0.3 is 0 Å². The van der Waals surface area contributed by atoms with Crippen LogP contribution >= 0.6 is 0 Å². The lowest BCUT2D eigenvalue weighted by atomic mass is 10.1. The van der Waals surface area contributed by atoms with Gasteiger partial charge in [0.25, 0.3) is 0 Å². The second-order valence-electron chi connectivity index (χ2n) is 4.73. The predicted molar refractivity (Wildman–Crippen MR) is 65.7 cm³/mol. The maximum Gasteiger partial charge on any atom is 0.219 e. The largest absolute Gasteiger partial charge is 0.342 e. The van der Waals surface area contributed by atoms with Crippen LogP contribution in [0, 0.1) is 5.82 Å². The first kappa shape index (κ1) is 11.2. The molecule has 2 heterocycles. The third-order valence-electron chi connectivity index (χ3n) is 3.48. The highest BCUT2D eigenvalue weighted by molar-refractivity contribution is 5.75. The zero-order valence-electron chi connectivity index (χ0n) is 10.1. The van der Waals surface area contributed by atoms with E-state index in [-0.39, 0.29) is 17.6 Å². The number of hydrogen-bond donors (Lipinski definition) is 1. The molecule has 1 saturated heterocycles. The molecule has 4 nitrogen and oxygen atoms in total. The van der Waals surface area contributed by atoms with Gasteiger partial charge in [0, 0.05) is 25.9 Å². The molecule has 1 aromatic carbocycles. The number of fused-ring (bicyclic) bond motifs is 1. The lowest BCUT2D eigenvalue weighted by Gasteiger charge is -2.12. The number of aromatic nitrogens is 2. The van der Waals surface area contributed by atoms with Crippen molar-refractivity contribution < 1.29 is 9.18 Å². The van der Waals surface area contributed by atoms with Crippen molar-refractivity contribution in [3.63, 3.8) is 0 Å². The van der Waals surface area contributed by atoms with Crippen molar-refractivity contribution in [3.05, 3.63) is 29.8 Å². The van der Waals surface area contributed by atoms with E-state index in [0.29, 0.717) is 12.1 Å². The lowest BCUT2D eigenvalue weighted by molar-refractivity contribution is -0.127. The van der Waals surface area contributed by atoms with Gasteiger partial charge < -0.3 is 9.88 Å². The Morgan fingerprint density at radius 3 is 3.11 bits per heavy atom. The standard InChI is InChI=1S/C13H14FN3O/c1-8(18)17-5-4-9(7-17)13-15-11-3-2-10(14)6-12(11)16-13/h2-3,6,9H,4-5,7H2,1H3,(H,15,16). The number of amides is 1. The minimum atomic E-state index is -0.269. The molecule has 5 heteroatoms. The van der Waals surface area contributed by atoms with Crippen molar-refractivity contribution in [2.45, 2.75) is 19.3 Å². The Balaban J connectivity index is 1.89. The fourth-order valence-corrected chi connectivity index (χ4v) is 2.46. The molecule has 18 heavy (non-hydrogen) atoms.